The summed E-state index contributed by atoms with van der Waals surface area (Å²) >= 11 is 6.62. The number of thiocarbonyl (C=S) groups is 1. The third kappa shape index (κ3) is 3.71. The number of hydrogen-bond donors (Lipinski definition) is 2. The number of ketones is 1. The van der Waals surface area contributed by atoms with Crippen molar-refractivity contribution in [3.63, 3.8) is 0 Å². The first-order chi connectivity index (χ1) is 8.25. The van der Waals surface area contributed by atoms with Gasteiger partial charge in [0.25, 0.3) is 0 Å². The van der Waals surface area contributed by atoms with Crippen molar-refractivity contribution in [2.45, 2.75) is 24.5 Å². The Morgan fingerprint density at radius 2 is 2.12 bits per heavy atom. The van der Waals surface area contributed by atoms with Gasteiger partial charge in [-0.3, -0.25) is 15.6 Å². The van der Waals surface area contributed by atoms with Gasteiger partial charge in [-0.05, 0) is 25.0 Å². The molecule has 0 radical (unpaired) electrons. The van der Waals surface area contributed by atoms with Gasteiger partial charge in [0, 0.05) is 6.42 Å². The average molecular weight is 266 g/mol. The van der Waals surface area contributed by atoms with E-state index in [0.29, 0.717) is 16.5 Å². The van der Waals surface area contributed by atoms with Crippen LogP contribution in [0.25, 0.3) is 0 Å². The summed E-state index contributed by atoms with van der Waals surface area (Å²) < 4.78 is 0.620. The highest BCUT2D eigenvalue weighted by atomic mass is 32.2. The number of hydrogen-bond acceptors (Lipinski definition) is 4. The van der Waals surface area contributed by atoms with Gasteiger partial charge >= 0.3 is 0 Å². The van der Waals surface area contributed by atoms with Crippen LogP contribution in [0.1, 0.15) is 19.3 Å². The Morgan fingerprint density at radius 1 is 1.35 bits per heavy atom. The Labute approximate surface area is 110 Å². The van der Waals surface area contributed by atoms with E-state index in [9.17, 15) is 4.79 Å². The molecule has 0 spiro atoms. The van der Waals surface area contributed by atoms with Crippen molar-refractivity contribution in [2.75, 3.05) is 5.43 Å². The maximum atomic E-state index is 11.5. The van der Waals surface area contributed by atoms with Crippen molar-refractivity contribution < 1.29 is 4.79 Å². The van der Waals surface area contributed by atoms with Crippen molar-refractivity contribution in [3.8, 4) is 0 Å². The van der Waals surface area contributed by atoms with Gasteiger partial charge in [-0.2, -0.15) is 0 Å². The SMILES string of the molecule is O=C1CCC[C@H]1SC(=S)NNc1ccccc1. The monoisotopic (exact) mass is 266 g/mol. The molecular weight excluding hydrogens is 252 g/mol. The summed E-state index contributed by atoms with van der Waals surface area (Å²) in [6, 6.07) is 9.73. The predicted octanol–water partition coefficient (Wildman–Crippen LogP) is 2.74. The molecule has 0 aromatic heterocycles. The second-order valence-electron chi connectivity index (χ2n) is 3.87. The summed E-state index contributed by atoms with van der Waals surface area (Å²) in [6.07, 6.45) is 2.63. The molecule has 1 aliphatic carbocycles. The Balaban J connectivity index is 1.76. The molecule has 1 aliphatic rings. The number of Topliss-reactive ketones (excluding diaryl/α,β-unsaturated/α-hetero) is 1. The molecular formula is C12H14N2OS2. The highest BCUT2D eigenvalue weighted by Gasteiger charge is 2.25. The summed E-state index contributed by atoms with van der Waals surface area (Å²) in [5, 5.41) is 0.0487. The molecule has 17 heavy (non-hydrogen) atoms. The lowest BCUT2D eigenvalue weighted by Gasteiger charge is -2.12. The molecule has 0 amide bonds. The lowest BCUT2D eigenvalue weighted by atomic mass is 10.3. The van der Waals surface area contributed by atoms with Gasteiger partial charge in [0.2, 0.25) is 0 Å². The van der Waals surface area contributed by atoms with Crippen LogP contribution >= 0.6 is 24.0 Å². The quantitative estimate of drug-likeness (QED) is 0.650. The molecule has 5 heteroatoms. The van der Waals surface area contributed by atoms with Crippen molar-refractivity contribution in [3.05, 3.63) is 30.3 Å². The third-order valence-electron chi connectivity index (χ3n) is 2.58. The van der Waals surface area contributed by atoms with Crippen LogP contribution in [0.2, 0.25) is 0 Å². The van der Waals surface area contributed by atoms with E-state index in [1.807, 2.05) is 30.3 Å². The highest BCUT2D eigenvalue weighted by molar-refractivity contribution is 8.23. The van der Waals surface area contributed by atoms with E-state index < -0.39 is 0 Å². The number of anilines is 1. The van der Waals surface area contributed by atoms with E-state index in [0.717, 1.165) is 18.5 Å². The van der Waals surface area contributed by atoms with Gasteiger partial charge < -0.3 is 0 Å². The van der Waals surface area contributed by atoms with Crippen LogP contribution in [0.3, 0.4) is 0 Å². The van der Waals surface area contributed by atoms with Crippen molar-refractivity contribution in [2.24, 2.45) is 0 Å². The molecule has 1 fully saturated rings. The molecule has 2 N–H and O–H groups in total. The molecule has 3 nitrogen and oxygen atoms in total. The Morgan fingerprint density at radius 3 is 2.76 bits per heavy atom. The molecule has 90 valence electrons. The van der Waals surface area contributed by atoms with Crippen LogP contribution in [0, 0.1) is 0 Å². The summed E-state index contributed by atoms with van der Waals surface area (Å²) in [5.74, 6) is 0.318. The standard InChI is InChI=1S/C12H14N2OS2/c15-10-7-4-8-11(10)17-12(16)14-13-9-5-2-1-3-6-9/h1-3,5-6,11,13H,4,7-8H2,(H,14,16)/t11-/m1/s1. The van der Waals surface area contributed by atoms with Crippen LogP contribution in [0.5, 0.6) is 0 Å². The number of thioether (sulfide) groups is 1. The molecule has 0 heterocycles. The Hall–Kier alpha value is -1.07. The number of para-hydroxylation sites is 1. The molecule has 1 atom stereocenters. The normalized spacial score (nSPS) is 19.1. The maximum absolute atomic E-state index is 11.5. The van der Waals surface area contributed by atoms with Crippen molar-refractivity contribution in [1.29, 1.82) is 0 Å². The second-order valence-corrected chi connectivity index (χ2v) is 5.75. The van der Waals surface area contributed by atoms with Crippen LogP contribution in [-0.4, -0.2) is 15.4 Å². The van der Waals surface area contributed by atoms with Gasteiger partial charge in [-0.15, -0.1) is 0 Å². The number of hydrazine groups is 1. The van der Waals surface area contributed by atoms with Gasteiger partial charge in [-0.1, -0.05) is 42.2 Å². The molecule has 2 rings (SSSR count). The van der Waals surface area contributed by atoms with Crippen LogP contribution in [0.4, 0.5) is 5.69 Å². The fourth-order valence-corrected chi connectivity index (χ4v) is 3.01. The van der Waals surface area contributed by atoms with E-state index >= 15 is 0 Å². The summed E-state index contributed by atoms with van der Waals surface area (Å²) in [4.78, 5) is 11.5. The first-order valence-electron chi connectivity index (χ1n) is 5.56. The van der Waals surface area contributed by atoms with E-state index in [2.05, 4.69) is 10.9 Å². The van der Waals surface area contributed by atoms with Crippen molar-refractivity contribution >= 4 is 39.8 Å². The van der Waals surface area contributed by atoms with Crippen LogP contribution in [0.15, 0.2) is 30.3 Å². The zero-order valence-corrected chi connectivity index (χ0v) is 10.9. The lowest BCUT2D eigenvalue weighted by molar-refractivity contribution is -0.116. The fourth-order valence-electron chi connectivity index (χ4n) is 1.71. The minimum Gasteiger partial charge on any atom is -0.300 e. The van der Waals surface area contributed by atoms with E-state index in [-0.39, 0.29) is 5.25 Å². The number of rotatable bonds is 3. The van der Waals surface area contributed by atoms with Crippen molar-refractivity contribution in [1.82, 2.24) is 5.43 Å². The number of carbonyl (C=O) groups excluding carboxylic acids is 1. The number of carbonyl (C=O) groups is 1. The van der Waals surface area contributed by atoms with E-state index in [4.69, 9.17) is 12.2 Å². The minimum absolute atomic E-state index is 0.0487. The van der Waals surface area contributed by atoms with E-state index in [1.165, 1.54) is 11.8 Å². The van der Waals surface area contributed by atoms with Gasteiger partial charge in [0.05, 0.1) is 10.9 Å². The zero-order valence-electron chi connectivity index (χ0n) is 9.31. The fraction of sp³-hybridized carbons (Fsp3) is 0.333. The first kappa shape index (κ1) is 12.4. The largest absolute Gasteiger partial charge is 0.300 e. The third-order valence-corrected chi connectivity index (χ3v) is 4.07. The molecule has 0 unspecified atom stereocenters. The first-order valence-corrected chi connectivity index (χ1v) is 6.85. The Bertz CT molecular complexity index is 408. The lowest BCUT2D eigenvalue weighted by Crippen LogP contribution is -2.27. The molecule has 1 saturated carbocycles. The number of nitrogens with one attached hydrogen (secondary N) is 2. The van der Waals surface area contributed by atoms with Gasteiger partial charge in [-0.25, -0.2) is 0 Å². The predicted molar refractivity (Wildman–Crippen MR) is 76.0 cm³/mol. The van der Waals surface area contributed by atoms with Gasteiger partial charge in [0.15, 0.2) is 4.32 Å². The molecule has 0 bridgehead atoms. The zero-order chi connectivity index (χ0) is 12.1. The Kier molecular flexibility index (Phi) is 4.39. The maximum Gasteiger partial charge on any atom is 0.152 e. The second kappa shape index (κ2) is 6.02. The van der Waals surface area contributed by atoms with Gasteiger partial charge in [0.1, 0.15) is 5.78 Å². The summed E-state index contributed by atoms with van der Waals surface area (Å²) in [7, 11) is 0. The van der Waals surface area contributed by atoms with Crippen LogP contribution < -0.4 is 10.9 Å². The molecule has 1 aromatic rings. The smallest absolute Gasteiger partial charge is 0.152 e. The summed E-state index contributed by atoms with van der Waals surface area (Å²) in [6.45, 7) is 0. The summed E-state index contributed by atoms with van der Waals surface area (Å²) in [5.41, 5.74) is 6.90. The average Bonchev–Trinajstić information content (AvgIpc) is 2.74. The topological polar surface area (TPSA) is 41.1 Å². The highest BCUT2D eigenvalue weighted by Crippen LogP contribution is 2.26. The van der Waals surface area contributed by atoms with Crippen LogP contribution in [-0.2, 0) is 4.79 Å². The van der Waals surface area contributed by atoms with E-state index in [1.54, 1.807) is 0 Å². The minimum atomic E-state index is 0.0487. The molecule has 0 saturated heterocycles. The number of benzene rings is 1. The molecule has 1 aromatic carbocycles. The molecule has 0 aliphatic heterocycles.